The fraction of sp³-hybridized carbons (Fsp3) is 0.462. The summed E-state index contributed by atoms with van der Waals surface area (Å²) in [5.41, 5.74) is 3.17. The maximum Gasteiger partial charge on any atom is 0.137 e. The first-order valence-electron chi connectivity index (χ1n) is 6.18. The number of halogens is 1. The lowest BCUT2D eigenvalue weighted by atomic mass is 10.2. The maximum absolute atomic E-state index is 5.80. The smallest absolute Gasteiger partial charge is 0.137 e. The standard InChI is InChI=1S/C13H16ClN3O/c14-7-12-10-17-9-11(1-2-13(17)15-12)8-16-3-5-18-6-4-16/h1-2,9-10H,3-8H2. The van der Waals surface area contributed by atoms with Gasteiger partial charge in [0.1, 0.15) is 5.65 Å². The van der Waals surface area contributed by atoms with Crippen LogP contribution < -0.4 is 0 Å². The summed E-state index contributed by atoms with van der Waals surface area (Å²) < 4.78 is 7.40. The number of morpholine rings is 1. The lowest BCUT2D eigenvalue weighted by molar-refractivity contribution is 0.0341. The van der Waals surface area contributed by atoms with Crippen LogP contribution in [0.25, 0.3) is 5.65 Å². The van der Waals surface area contributed by atoms with Crippen molar-refractivity contribution in [2.45, 2.75) is 12.4 Å². The topological polar surface area (TPSA) is 29.8 Å². The van der Waals surface area contributed by atoms with E-state index in [-0.39, 0.29) is 0 Å². The normalized spacial score (nSPS) is 17.4. The van der Waals surface area contributed by atoms with Gasteiger partial charge in [-0.2, -0.15) is 0 Å². The van der Waals surface area contributed by atoms with Gasteiger partial charge < -0.3 is 9.14 Å². The van der Waals surface area contributed by atoms with Crippen LogP contribution in [0.15, 0.2) is 24.5 Å². The zero-order valence-electron chi connectivity index (χ0n) is 10.2. The third kappa shape index (κ3) is 2.51. The number of ether oxygens (including phenoxy) is 1. The van der Waals surface area contributed by atoms with Crippen molar-refractivity contribution in [3.8, 4) is 0 Å². The zero-order chi connectivity index (χ0) is 12.4. The molecule has 4 nitrogen and oxygen atoms in total. The number of pyridine rings is 1. The van der Waals surface area contributed by atoms with Crippen LogP contribution in [0.1, 0.15) is 11.3 Å². The van der Waals surface area contributed by atoms with Crippen molar-refractivity contribution in [3.05, 3.63) is 35.8 Å². The lowest BCUT2D eigenvalue weighted by Gasteiger charge is -2.26. The van der Waals surface area contributed by atoms with Gasteiger partial charge in [-0.1, -0.05) is 6.07 Å². The van der Waals surface area contributed by atoms with Gasteiger partial charge in [-0.25, -0.2) is 4.98 Å². The fourth-order valence-corrected chi connectivity index (χ4v) is 2.39. The average molecular weight is 266 g/mol. The number of nitrogens with zero attached hydrogens (tertiary/aromatic N) is 3. The van der Waals surface area contributed by atoms with Gasteiger partial charge >= 0.3 is 0 Å². The van der Waals surface area contributed by atoms with Crippen LogP contribution in [0.4, 0.5) is 0 Å². The van der Waals surface area contributed by atoms with Crippen LogP contribution in [0, 0.1) is 0 Å². The monoisotopic (exact) mass is 265 g/mol. The summed E-state index contributed by atoms with van der Waals surface area (Å²) in [6.45, 7) is 4.66. The number of rotatable bonds is 3. The number of hydrogen-bond acceptors (Lipinski definition) is 3. The van der Waals surface area contributed by atoms with Gasteiger partial charge in [0.05, 0.1) is 24.8 Å². The minimum atomic E-state index is 0.459. The van der Waals surface area contributed by atoms with E-state index in [0.717, 1.165) is 44.2 Å². The molecule has 2 aromatic heterocycles. The molecule has 1 fully saturated rings. The predicted molar refractivity (Wildman–Crippen MR) is 70.8 cm³/mol. The molecule has 0 aromatic carbocycles. The molecule has 0 amide bonds. The van der Waals surface area contributed by atoms with Crippen LogP contribution >= 0.6 is 11.6 Å². The fourth-order valence-electron chi connectivity index (χ4n) is 2.27. The SMILES string of the molecule is ClCc1cn2cc(CN3CCOCC3)ccc2n1. The van der Waals surface area contributed by atoms with Gasteiger partial charge in [-0.15, -0.1) is 11.6 Å². The zero-order valence-corrected chi connectivity index (χ0v) is 10.9. The van der Waals surface area contributed by atoms with E-state index < -0.39 is 0 Å². The van der Waals surface area contributed by atoms with E-state index in [2.05, 4.69) is 22.1 Å². The molecule has 18 heavy (non-hydrogen) atoms. The second-order valence-electron chi connectivity index (χ2n) is 4.56. The van der Waals surface area contributed by atoms with Crippen LogP contribution in [0.2, 0.25) is 0 Å². The molecule has 1 aliphatic rings. The Kier molecular flexibility index (Phi) is 3.50. The Morgan fingerprint density at radius 3 is 2.83 bits per heavy atom. The van der Waals surface area contributed by atoms with E-state index >= 15 is 0 Å². The highest BCUT2D eigenvalue weighted by Gasteiger charge is 2.11. The van der Waals surface area contributed by atoms with Gasteiger partial charge in [-0.05, 0) is 11.6 Å². The Morgan fingerprint density at radius 2 is 2.06 bits per heavy atom. The second kappa shape index (κ2) is 5.26. The highest BCUT2D eigenvalue weighted by atomic mass is 35.5. The highest BCUT2D eigenvalue weighted by molar-refractivity contribution is 6.16. The molecule has 96 valence electrons. The van der Waals surface area contributed by atoms with E-state index in [1.54, 1.807) is 0 Å². The molecule has 0 aliphatic carbocycles. The molecule has 0 radical (unpaired) electrons. The van der Waals surface area contributed by atoms with Crippen LogP contribution in [0.5, 0.6) is 0 Å². The number of imidazole rings is 1. The van der Waals surface area contributed by atoms with Crippen molar-refractivity contribution in [2.24, 2.45) is 0 Å². The number of hydrogen-bond donors (Lipinski definition) is 0. The van der Waals surface area contributed by atoms with Gasteiger partial charge in [-0.3, -0.25) is 4.90 Å². The molecule has 0 bridgehead atoms. The molecule has 1 saturated heterocycles. The van der Waals surface area contributed by atoms with E-state index in [0.29, 0.717) is 5.88 Å². The summed E-state index contributed by atoms with van der Waals surface area (Å²) in [6, 6.07) is 4.18. The Balaban J connectivity index is 1.79. The summed E-state index contributed by atoms with van der Waals surface area (Å²) >= 11 is 5.80. The molecule has 0 N–H and O–H groups in total. The van der Waals surface area contributed by atoms with Crippen molar-refractivity contribution < 1.29 is 4.74 Å². The molecule has 0 saturated carbocycles. The third-order valence-electron chi connectivity index (χ3n) is 3.21. The maximum atomic E-state index is 5.80. The average Bonchev–Trinajstić information content (AvgIpc) is 2.82. The van der Waals surface area contributed by atoms with E-state index in [1.807, 2.05) is 16.7 Å². The van der Waals surface area contributed by atoms with Gasteiger partial charge in [0.25, 0.3) is 0 Å². The molecule has 3 rings (SSSR count). The van der Waals surface area contributed by atoms with Crippen LogP contribution in [-0.2, 0) is 17.2 Å². The predicted octanol–water partition coefficient (Wildman–Crippen LogP) is 1.91. The molecule has 3 heterocycles. The second-order valence-corrected chi connectivity index (χ2v) is 4.82. The van der Waals surface area contributed by atoms with Crippen LogP contribution in [-0.4, -0.2) is 40.6 Å². The minimum Gasteiger partial charge on any atom is -0.379 e. The van der Waals surface area contributed by atoms with Crippen molar-refractivity contribution in [1.29, 1.82) is 0 Å². The van der Waals surface area contributed by atoms with Crippen molar-refractivity contribution in [1.82, 2.24) is 14.3 Å². The number of alkyl halides is 1. The minimum absolute atomic E-state index is 0.459. The van der Waals surface area contributed by atoms with Crippen molar-refractivity contribution in [3.63, 3.8) is 0 Å². The Bertz CT molecular complexity index is 534. The molecular weight excluding hydrogens is 250 g/mol. The van der Waals surface area contributed by atoms with Crippen molar-refractivity contribution in [2.75, 3.05) is 26.3 Å². The molecule has 0 atom stereocenters. The van der Waals surface area contributed by atoms with E-state index in [1.165, 1.54) is 5.56 Å². The molecule has 5 heteroatoms. The van der Waals surface area contributed by atoms with Gasteiger partial charge in [0.2, 0.25) is 0 Å². The van der Waals surface area contributed by atoms with Crippen LogP contribution in [0.3, 0.4) is 0 Å². The Morgan fingerprint density at radius 1 is 1.22 bits per heavy atom. The summed E-state index contributed by atoms with van der Waals surface area (Å²) in [5, 5.41) is 0. The first kappa shape index (κ1) is 12.0. The van der Waals surface area contributed by atoms with E-state index in [9.17, 15) is 0 Å². The molecule has 0 unspecified atom stereocenters. The summed E-state index contributed by atoms with van der Waals surface area (Å²) in [7, 11) is 0. The molecule has 2 aromatic rings. The third-order valence-corrected chi connectivity index (χ3v) is 3.48. The summed E-state index contributed by atoms with van der Waals surface area (Å²) in [4.78, 5) is 6.82. The van der Waals surface area contributed by atoms with E-state index in [4.69, 9.17) is 16.3 Å². The van der Waals surface area contributed by atoms with Crippen molar-refractivity contribution >= 4 is 17.2 Å². The molecule has 0 spiro atoms. The Labute approximate surface area is 111 Å². The largest absolute Gasteiger partial charge is 0.379 e. The lowest BCUT2D eigenvalue weighted by Crippen LogP contribution is -2.35. The van der Waals surface area contributed by atoms with Gasteiger partial charge in [0, 0.05) is 32.0 Å². The number of aromatic nitrogens is 2. The number of fused-ring (bicyclic) bond motifs is 1. The summed E-state index contributed by atoms with van der Waals surface area (Å²) in [6.07, 6.45) is 4.12. The van der Waals surface area contributed by atoms with Gasteiger partial charge in [0.15, 0.2) is 0 Å². The first-order valence-corrected chi connectivity index (χ1v) is 6.71. The summed E-state index contributed by atoms with van der Waals surface area (Å²) in [5.74, 6) is 0.459. The Hall–Kier alpha value is -1.10. The quantitative estimate of drug-likeness (QED) is 0.794. The molecule has 1 aliphatic heterocycles. The first-order chi connectivity index (χ1) is 8.85. The molecular formula is C13H16ClN3O. The highest BCUT2D eigenvalue weighted by Crippen LogP contribution is 2.12.